The molecule has 0 spiro atoms. The van der Waals surface area contributed by atoms with E-state index in [1.54, 1.807) is 19.2 Å². The molecule has 2 aromatic rings. The standard InChI is InChI=1S/C15H17N3O3/c1-21-15-8-4-13(5-9-15)17-11-10-16-12-2-6-14(7-3-12)18(19)20/h2-9,16-17H,10-11H2,1H3. The smallest absolute Gasteiger partial charge is 0.269 e. The van der Waals surface area contributed by atoms with Gasteiger partial charge in [-0.2, -0.15) is 0 Å². The predicted molar refractivity (Wildman–Crippen MR) is 83.1 cm³/mol. The van der Waals surface area contributed by atoms with Crippen LogP contribution in [0.5, 0.6) is 5.75 Å². The summed E-state index contributed by atoms with van der Waals surface area (Å²) in [7, 11) is 1.64. The average molecular weight is 287 g/mol. The fourth-order valence-corrected chi connectivity index (χ4v) is 1.82. The van der Waals surface area contributed by atoms with Crippen LogP contribution >= 0.6 is 0 Å². The van der Waals surface area contributed by atoms with Crippen molar-refractivity contribution in [3.8, 4) is 5.75 Å². The first-order valence-electron chi connectivity index (χ1n) is 6.55. The molecule has 0 radical (unpaired) electrons. The van der Waals surface area contributed by atoms with Crippen molar-refractivity contribution in [3.05, 3.63) is 58.6 Å². The van der Waals surface area contributed by atoms with Gasteiger partial charge in [0.05, 0.1) is 12.0 Å². The molecule has 2 N–H and O–H groups in total. The third kappa shape index (κ3) is 4.38. The zero-order valence-corrected chi connectivity index (χ0v) is 11.7. The second-order valence-electron chi connectivity index (χ2n) is 4.39. The minimum absolute atomic E-state index is 0.0944. The highest BCUT2D eigenvalue weighted by molar-refractivity contribution is 5.49. The molecule has 0 unspecified atom stereocenters. The fraction of sp³-hybridized carbons (Fsp3) is 0.200. The molecular formula is C15H17N3O3. The third-order valence-corrected chi connectivity index (χ3v) is 2.95. The molecule has 0 heterocycles. The molecule has 2 aromatic carbocycles. The van der Waals surface area contributed by atoms with Crippen molar-refractivity contribution in [2.45, 2.75) is 0 Å². The molecule has 0 saturated heterocycles. The Morgan fingerprint density at radius 3 is 1.86 bits per heavy atom. The summed E-state index contributed by atoms with van der Waals surface area (Å²) in [5, 5.41) is 17.0. The van der Waals surface area contributed by atoms with Crippen LogP contribution in [-0.2, 0) is 0 Å². The van der Waals surface area contributed by atoms with E-state index in [0.29, 0.717) is 6.54 Å². The summed E-state index contributed by atoms with van der Waals surface area (Å²) in [6, 6.07) is 14.1. The second-order valence-corrected chi connectivity index (χ2v) is 4.39. The van der Waals surface area contributed by atoms with Crippen LogP contribution in [0.2, 0.25) is 0 Å². The summed E-state index contributed by atoms with van der Waals surface area (Å²) >= 11 is 0. The van der Waals surface area contributed by atoms with Crippen molar-refractivity contribution in [1.29, 1.82) is 0 Å². The number of anilines is 2. The Bertz CT molecular complexity index is 582. The molecule has 0 aliphatic rings. The normalized spacial score (nSPS) is 9.95. The topological polar surface area (TPSA) is 76.4 Å². The first-order valence-corrected chi connectivity index (χ1v) is 6.55. The van der Waals surface area contributed by atoms with E-state index in [-0.39, 0.29) is 5.69 Å². The number of methoxy groups -OCH3 is 1. The lowest BCUT2D eigenvalue weighted by molar-refractivity contribution is -0.384. The number of ether oxygens (including phenoxy) is 1. The van der Waals surface area contributed by atoms with Gasteiger partial charge in [0.2, 0.25) is 0 Å². The Morgan fingerprint density at radius 1 is 0.952 bits per heavy atom. The maximum atomic E-state index is 10.5. The number of nitro benzene ring substituents is 1. The first kappa shape index (κ1) is 14.6. The van der Waals surface area contributed by atoms with Crippen LogP contribution in [0, 0.1) is 10.1 Å². The van der Waals surface area contributed by atoms with E-state index in [9.17, 15) is 10.1 Å². The van der Waals surface area contributed by atoms with Gasteiger partial charge in [0.15, 0.2) is 0 Å². The van der Waals surface area contributed by atoms with Gasteiger partial charge in [-0.25, -0.2) is 0 Å². The molecule has 0 aliphatic heterocycles. The molecular weight excluding hydrogens is 270 g/mol. The van der Waals surface area contributed by atoms with Crippen molar-refractivity contribution >= 4 is 17.1 Å². The molecule has 0 fully saturated rings. The Balaban J connectivity index is 1.74. The van der Waals surface area contributed by atoms with Crippen molar-refractivity contribution in [2.24, 2.45) is 0 Å². The lowest BCUT2D eigenvalue weighted by Gasteiger charge is -2.09. The largest absolute Gasteiger partial charge is 0.497 e. The van der Waals surface area contributed by atoms with Crippen molar-refractivity contribution in [2.75, 3.05) is 30.8 Å². The van der Waals surface area contributed by atoms with Crippen molar-refractivity contribution < 1.29 is 9.66 Å². The summed E-state index contributed by atoms with van der Waals surface area (Å²) in [6.45, 7) is 1.45. The summed E-state index contributed by atoms with van der Waals surface area (Å²) in [4.78, 5) is 10.1. The molecule has 0 aromatic heterocycles. The predicted octanol–water partition coefficient (Wildman–Crippen LogP) is 3.13. The Kier molecular flexibility index (Phi) is 4.98. The van der Waals surface area contributed by atoms with Gasteiger partial charge in [0, 0.05) is 36.6 Å². The monoisotopic (exact) mass is 287 g/mol. The summed E-state index contributed by atoms with van der Waals surface area (Å²) < 4.78 is 5.09. The van der Waals surface area contributed by atoms with Crippen LogP contribution in [0.1, 0.15) is 0 Å². The van der Waals surface area contributed by atoms with E-state index in [4.69, 9.17) is 4.74 Å². The molecule has 0 bridgehead atoms. The van der Waals surface area contributed by atoms with E-state index in [0.717, 1.165) is 23.7 Å². The van der Waals surface area contributed by atoms with E-state index < -0.39 is 4.92 Å². The first-order chi connectivity index (χ1) is 10.2. The summed E-state index contributed by atoms with van der Waals surface area (Å²) in [5.41, 5.74) is 1.97. The number of nitrogens with one attached hydrogen (secondary N) is 2. The minimum Gasteiger partial charge on any atom is -0.497 e. The van der Waals surface area contributed by atoms with Crippen molar-refractivity contribution in [3.63, 3.8) is 0 Å². The van der Waals surface area contributed by atoms with Gasteiger partial charge in [-0.05, 0) is 36.4 Å². The zero-order chi connectivity index (χ0) is 15.1. The molecule has 110 valence electrons. The number of nitro groups is 1. The van der Waals surface area contributed by atoms with E-state index >= 15 is 0 Å². The molecule has 6 heteroatoms. The van der Waals surface area contributed by atoms with Gasteiger partial charge in [-0.15, -0.1) is 0 Å². The molecule has 0 atom stereocenters. The van der Waals surface area contributed by atoms with Crippen LogP contribution in [0.4, 0.5) is 17.1 Å². The van der Waals surface area contributed by atoms with E-state index in [1.807, 2.05) is 24.3 Å². The summed E-state index contributed by atoms with van der Waals surface area (Å²) in [5.74, 6) is 0.824. The second kappa shape index (κ2) is 7.14. The number of nitrogens with zero attached hydrogens (tertiary/aromatic N) is 1. The van der Waals surface area contributed by atoms with E-state index in [1.165, 1.54) is 12.1 Å². The van der Waals surface area contributed by atoms with Gasteiger partial charge in [0.1, 0.15) is 5.75 Å². The van der Waals surface area contributed by atoms with E-state index in [2.05, 4.69) is 10.6 Å². The Hall–Kier alpha value is -2.76. The highest BCUT2D eigenvalue weighted by Crippen LogP contribution is 2.16. The maximum Gasteiger partial charge on any atom is 0.269 e. The number of hydrogen-bond acceptors (Lipinski definition) is 5. The molecule has 6 nitrogen and oxygen atoms in total. The summed E-state index contributed by atoms with van der Waals surface area (Å²) in [6.07, 6.45) is 0. The van der Waals surface area contributed by atoms with Gasteiger partial charge in [-0.1, -0.05) is 0 Å². The maximum absolute atomic E-state index is 10.5. The molecule has 0 amide bonds. The Morgan fingerprint density at radius 2 is 1.43 bits per heavy atom. The molecule has 0 aliphatic carbocycles. The zero-order valence-electron chi connectivity index (χ0n) is 11.7. The highest BCUT2D eigenvalue weighted by atomic mass is 16.6. The number of hydrogen-bond donors (Lipinski definition) is 2. The lowest BCUT2D eigenvalue weighted by atomic mass is 10.3. The van der Waals surface area contributed by atoms with Crippen LogP contribution in [0.15, 0.2) is 48.5 Å². The fourth-order valence-electron chi connectivity index (χ4n) is 1.82. The third-order valence-electron chi connectivity index (χ3n) is 2.95. The highest BCUT2D eigenvalue weighted by Gasteiger charge is 2.03. The van der Waals surface area contributed by atoms with Gasteiger partial charge in [-0.3, -0.25) is 10.1 Å². The van der Waals surface area contributed by atoms with Crippen LogP contribution in [0.25, 0.3) is 0 Å². The SMILES string of the molecule is COc1ccc(NCCNc2ccc([N+](=O)[O-])cc2)cc1. The van der Waals surface area contributed by atoms with Crippen LogP contribution in [0.3, 0.4) is 0 Å². The van der Waals surface area contributed by atoms with Crippen LogP contribution in [-0.4, -0.2) is 25.1 Å². The average Bonchev–Trinajstić information content (AvgIpc) is 2.52. The molecule has 0 saturated carbocycles. The lowest BCUT2D eigenvalue weighted by Crippen LogP contribution is -2.13. The molecule has 2 rings (SSSR count). The van der Waals surface area contributed by atoms with Gasteiger partial charge >= 0.3 is 0 Å². The molecule has 21 heavy (non-hydrogen) atoms. The van der Waals surface area contributed by atoms with Gasteiger partial charge < -0.3 is 15.4 Å². The quantitative estimate of drug-likeness (QED) is 0.465. The van der Waals surface area contributed by atoms with Crippen LogP contribution < -0.4 is 15.4 Å². The Labute approximate surface area is 122 Å². The number of non-ortho nitro benzene ring substituents is 1. The van der Waals surface area contributed by atoms with Crippen molar-refractivity contribution in [1.82, 2.24) is 0 Å². The van der Waals surface area contributed by atoms with Gasteiger partial charge in [0.25, 0.3) is 5.69 Å². The number of rotatable bonds is 7. The number of benzene rings is 2. The minimum atomic E-state index is -0.408.